The van der Waals surface area contributed by atoms with Gasteiger partial charge >= 0.3 is 0 Å². The van der Waals surface area contributed by atoms with Crippen molar-refractivity contribution in [3.8, 4) is 0 Å². The second kappa shape index (κ2) is 5.08. The van der Waals surface area contributed by atoms with E-state index >= 15 is 0 Å². The summed E-state index contributed by atoms with van der Waals surface area (Å²) in [7, 11) is 1.60. The Bertz CT molecular complexity index is 454. The van der Waals surface area contributed by atoms with E-state index in [0.717, 1.165) is 18.8 Å². The first-order valence-electron chi connectivity index (χ1n) is 6.10. The maximum absolute atomic E-state index is 11.6. The molecule has 1 aromatic heterocycles. The van der Waals surface area contributed by atoms with E-state index in [0.29, 0.717) is 11.7 Å². The minimum Gasteiger partial charge on any atom is -0.380 e. The molecule has 0 bridgehead atoms. The maximum atomic E-state index is 11.6. The number of hydrogen-bond donors (Lipinski definition) is 1. The Morgan fingerprint density at radius 1 is 1.65 bits per heavy atom. The van der Waals surface area contributed by atoms with Crippen molar-refractivity contribution >= 4 is 17.3 Å². The average molecular weight is 256 g/mol. The first kappa shape index (κ1) is 12.4. The molecule has 1 aliphatic carbocycles. The summed E-state index contributed by atoms with van der Waals surface area (Å²) >= 11 is 6.02. The van der Waals surface area contributed by atoms with E-state index in [1.54, 1.807) is 13.2 Å². The van der Waals surface area contributed by atoms with Crippen LogP contribution in [0.5, 0.6) is 0 Å². The Morgan fingerprint density at radius 3 is 2.94 bits per heavy atom. The molecule has 1 heterocycles. The highest BCUT2D eigenvalue weighted by molar-refractivity contribution is 6.32. The normalized spacial score (nSPS) is 16.9. The molecule has 1 N–H and O–H groups in total. The Hall–Kier alpha value is -1.03. The van der Waals surface area contributed by atoms with Gasteiger partial charge in [0.25, 0.3) is 5.56 Å². The van der Waals surface area contributed by atoms with Crippen LogP contribution in [-0.4, -0.2) is 15.8 Å². The van der Waals surface area contributed by atoms with Gasteiger partial charge in [0, 0.05) is 13.1 Å². The van der Waals surface area contributed by atoms with Crippen molar-refractivity contribution in [1.29, 1.82) is 0 Å². The van der Waals surface area contributed by atoms with Gasteiger partial charge in [-0.15, -0.1) is 0 Å². The Kier molecular flexibility index (Phi) is 3.72. The fraction of sp³-hybridized carbons (Fsp3) is 0.667. The van der Waals surface area contributed by atoms with Crippen molar-refractivity contribution < 1.29 is 0 Å². The summed E-state index contributed by atoms with van der Waals surface area (Å²) < 4.78 is 1.25. The van der Waals surface area contributed by atoms with Crippen LogP contribution in [0.15, 0.2) is 11.0 Å². The monoisotopic (exact) mass is 255 g/mol. The number of aromatic nitrogens is 2. The first-order valence-corrected chi connectivity index (χ1v) is 6.48. The van der Waals surface area contributed by atoms with Gasteiger partial charge in [0.05, 0.1) is 11.9 Å². The van der Waals surface area contributed by atoms with E-state index in [2.05, 4.69) is 17.3 Å². The van der Waals surface area contributed by atoms with Gasteiger partial charge in [-0.25, -0.2) is 4.68 Å². The van der Waals surface area contributed by atoms with Crippen molar-refractivity contribution in [3.05, 3.63) is 21.6 Å². The summed E-state index contributed by atoms with van der Waals surface area (Å²) in [5, 5.41) is 7.54. The number of nitrogens with one attached hydrogen (secondary N) is 1. The topological polar surface area (TPSA) is 46.9 Å². The van der Waals surface area contributed by atoms with Crippen LogP contribution in [0.1, 0.15) is 32.6 Å². The van der Waals surface area contributed by atoms with E-state index in [1.165, 1.54) is 17.5 Å². The molecule has 4 nitrogen and oxygen atoms in total. The zero-order valence-corrected chi connectivity index (χ0v) is 11.0. The van der Waals surface area contributed by atoms with Crippen LogP contribution in [0.3, 0.4) is 0 Å². The lowest BCUT2D eigenvalue weighted by Gasteiger charge is -2.18. The SMILES string of the molecule is CCC(CC1CC1)Nc1cnn(C)c(=O)c1Cl. The Labute approximate surface area is 106 Å². The molecule has 1 saturated carbocycles. The third-order valence-electron chi connectivity index (χ3n) is 3.25. The molecule has 0 aliphatic heterocycles. The van der Waals surface area contributed by atoms with Gasteiger partial charge in [0.15, 0.2) is 0 Å². The van der Waals surface area contributed by atoms with E-state index in [-0.39, 0.29) is 10.6 Å². The molecular formula is C12H18ClN3O. The standard InChI is InChI=1S/C12H18ClN3O/c1-3-9(6-8-4-5-8)15-10-7-14-16(2)12(17)11(10)13/h7-9,15H,3-6H2,1-2H3. The van der Waals surface area contributed by atoms with Crippen molar-refractivity contribution in [2.75, 3.05) is 5.32 Å². The molecule has 2 rings (SSSR count). The lowest BCUT2D eigenvalue weighted by atomic mass is 10.1. The zero-order chi connectivity index (χ0) is 12.4. The van der Waals surface area contributed by atoms with Crippen LogP contribution in [0.25, 0.3) is 0 Å². The highest BCUT2D eigenvalue weighted by atomic mass is 35.5. The Morgan fingerprint density at radius 2 is 2.35 bits per heavy atom. The van der Waals surface area contributed by atoms with Crippen LogP contribution < -0.4 is 10.9 Å². The molecule has 0 radical (unpaired) electrons. The number of hydrogen-bond acceptors (Lipinski definition) is 3. The second-order valence-electron chi connectivity index (χ2n) is 4.73. The highest BCUT2D eigenvalue weighted by Crippen LogP contribution is 2.35. The van der Waals surface area contributed by atoms with E-state index in [1.807, 2.05) is 0 Å². The molecule has 1 aromatic rings. The van der Waals surface area contributed by atoms with Crippen molar-refractivity contribution in [1.82, 2.24) is 9.78 Å². The average Bonchev–Trinajstić information content (AvgIpc) is 3.12. The summed E-state index contributed by atoms with van der Waals surface area (Å²) in [5.74, 6) is 0.853. The third-order valence-corrected chi connectivity index (χ3v) is 3.61. The minimum absolute atomic E-state index is 0.233. The minimum atomic E-state index is -0.252. The van der Waals surface area contributed by atoms with Gasteiger partial charge in [-0.3, -0.25) is 4.79 Å². The maximum Gasteiger partial charge on any atom is 0.287 e. The Balaban J connectivity index is 2.10. The number of anilines is 1. The predicted octanol–water partition coefficient (Wildman–Crippen LogP) is 2.42. The zero-order valence-electron chi connectivity index (χ0n) is 10.2. The van der Waals surface area contributed by atoms with Gasteiger partial charge in [-0.1, -0.05) is 31.4 Å². The van der Waals surface area contributed by atoms with Crippen LogP contribution in [0.4, 0.5) is 5.69 Å². The second-order valence-corrected chi connectivity index (χ2v) is 5.11. The quantitative estimate of drug-likeness (QED) is 0.879. The molecule has 94 valence electrons. The molecule has 17 heavy (non-hydrogen) atoms. The summed E-state index contributed by atoms with van der Waals surface area (Å²) in [4.78, 5) is 11.6. The lowest BCUT2D eigenvalue weighted by molar-refractivity contribution is 0.585. The smallest absolute Gasteiger partial charge is 0.287 e. The molecule has 5 heteroatoms. The lowest BCUT2D eigenvalue weighted by Crippen LogP contribution is -2.25. The largest absolute Gasteiger partial charge is 0.380 e. The predicted molar refractivity (Wildman–Crippen MR) is 69.5 cm³/mol. The fourth-order valence-electron chi connectivity index (χ4n) is 1.91. The molecule has 1 atom stereocenters. The van der Waals surface area contributed by atoms with Crippen LogP contribution in [0.2, 0.25) is 5.02 Å². The highest BCUT2D eigenvalue weighted by Gasteiger charge is 2.25. The van der Waals surface area contributed by atoms with Gasteiger partial charge in [-0.2, -0.15) is 5.10 Å². The van der Waals surface area contributed by atoms with Gasteiger partial charge in [-0.05, 0) is 18.8 Å². The van der Waals surface area contributed by atoms with Crippen molar-refractivity contribution in [2.45, 2.75) is 38.6 Å². The number of nitrogens with zero attached hydrogens (tertiary/aromatic N) is 2. The summed E-state index contributed by atoms with van der Waals surface area (Å²) in [6, 6.07) is 0.383. The van der Waals surface area contributed by atoms with Crippen molar-refractivity contribution in [2.24, 2.45) is 13.0 Å². The van der Waals surface area contributed by atoms with Gasteiger partial charge < -0.3 is 5.32 Å². The van der Waals surface area contributed by atoms with Gasteiger partial charge in [0.2, 0.25) is 0 Å². The number of halogens is 1. The van der Waals surface area contributed by atoms with Crippen LogP contribution in [0, 0.1) is 5.92 Å². The van der Waals surface area contributed by atoms with Crippen LogP contribution in [-0.2, 0) is 7.05 Å². The molecule has 1 fully saturated rings. The van der Waals surface area contributed by atoms with Gasteiger partial charge in [0.1, 0.15) is 5.02 Å². The molecule has 0 amide bonds. The third kappa shape index (κ3) is 3.00. The molecule has 0 spiro atoms. The molecule has 0 saturated heterocycles. The molecule has 0 aromatic carbocycles. The van der Waals surface area contributed by atoms with Crippen molar-refractivity contribution in [3.63, 3.8) is 0 Å². The number of rotatable bonds is 5. The molecule has 1 unspecified atom stereocenters. The van der Waals surface area contributed by atoms with E-state index < -0.39 is 0 Å². The van der Waals surface area contributed by atoms with E-state index in [9.17, 15) is 4.79 Å². The first-order chi connectivity index (χ1) is 8.11. The number of aryl methyl sites for hydroxylation is 1. The summed E-state index contributed by atoms with van der Waals surface area (Å²) in [5.41, 5.74) is 0.403. The van der Waals surface area contributed by atoms with E-state index in [4.69, 9.17) is 11.6 Å². The van der Waals surface area contributed by atoms with Crippen LogP contribution >= 0.6 is 11.6 Å². The summed E-state index contributed by atoms with van der Waals surface area (Å²) in [6.07, 6.45) is 6.48. The molecular weight excluding hydrogens is 238 g/mol. The molecule has 1 aliphatic rings. The summed E-state index contributed by atoms with van der Waals surface area (Å²) in [6.45, 7) is 2.14. The fourth-order valence-corrected chi connectivity index (χ4v) is 2.14.